The molecule has 4 nitrogen and oxygen atoms in total. The molecule has 0 aliphatic rings. The van der Waals surface area contributed by atoms with Gasteiger partial charge in [0, 0.05) is 11.5 Å². The van der Waals surface area contributed by atoms with Gasteiger partial charge in [-0.25, -0.2) is 0 Å². The number of benzene rings is 1. The van der Waals surface area contributed by atoms with Crippen molar-refractivity contribution in [1.29, 1.82) is 5.26 Å². The molecule has 2 rings (SSSR count). The van der Waals surface area contributed by atoms with Crippen LogP contribution < -0.4 is 9.47 Å². The third-order valence-corrected chi connectivity index (χ3v) is 3.18. The summed E-state index contributed by atoms with van der Waals surface area (Å²) >= 11 is 6.81. The van der Waals surface area contributed by atoms with Crippen LogP contribution in [0.1, 0.15) is 12.5 Å². The fourth-order valence-electron chi connectivity index (χ4n) is 1.30. The highest BCUT2D eigenvalue weighted by molar-refractivity contribution is 7.08. The molecule has 0 N–H and O–H groups in total. The van der Waals surface area contributed by atoms with E-state index in [0.29, 0.717) is 17.4 Å². The lowest BCUT2D eigenvalue weighted by molar-refractivity contribution is 0.339. The van der Waals surface area contributed by atoms with Crippen LogP contribution in [0.25, 0.3) is 0 Å². The second-order valence-electron chi connectivity index (χ2n) is 3.25. The topological polar surface area (TPSA) is 55.1 Å². The molecule has 0 aliphatic heterocycles. The maximum Gasteiger partial charge on any atom is 0.219 e. The average Bonchev–Trinajstić information content (AvgIpc) is 2.72. The highest BCUT2D eigenvalue weighted by Crippen LogP contribution is 2.34. The molecule has 0 spiro atoms. The van der Waals surface area contributed by atoms with E-state index in [1.165, 1.54) is 0 Å². The van der Waals surface area contributed by atoms with Crippen molar-refractivity contribution in [1.82, 2.24) is 4.37 Å². The third kappa shape index (κ3) is 2.73. The smallest absolute Gasteiger partial charge is 0.219 e. The van der Waals surface area contributed by atoms with Crippen LogP contribution in [0, 0.1) is 11.3 Å². The first-order valence-corrected chi connectivity index (χ1v) is 6.35. The Morgan fingerprint density at radius 1 is 1.33 bits per heavy atom. The van der Waals surface area contributed by atoms with Crippen molar-refractivity contribution in [3.05, 3.63) is 35.0 Å². The Balaban J connectivity index is 2.16. The van der Waals surface area contributed by atoms with E-state index in [1.54, 1.807) is 24.3 Å². The lowest BCUT2D eigenvalue weighted by atomic mass is 10.3. The van der Waals surface area contributed by atoms with Crippen molar-refractivity contribution < 1.29 is 9.47 Å². The van der Waals surface area contributed by atoms with E-state index in [-0.39, 0.29) is 10.7 Å². The summed E-state index contributed by atoms with van der Waals surface area (Å²) in [5.74, 6) is 1.38. The molecule has 0 fully saturated rings. The molecule has 0 atom stereocenters. The Kier molecular flexibility index (Phi) is 4.03. The molecule has 0 saturated heterocycles. The van der Waals surface area contributed by atoms with Gasteiger partial charge in [-0.05, 0) is 31.2 Å². The van der Waals surface area contributed by atoms with Crippen molar-refractivity contribution in [2.24, 2.45) is 0 Å². The first kappa shape index (κ1) is 12.7. The van der Waals surface area contributed by atoms with Crippen molar-refractivity contribution in [2.75, 3.05) is 6.61 Å². The lowest BCUT2D eigenvalue weighted by Crippen LogP contribution is -1.91. The monoisotopic (exact) mass is 280 g/mol. The fraction of sp³-hybridized carbons (Fsp3) is 0.167. The molecular formula is C12H9ClN2O2S. The Labute approximate surface area is 114 Å². The SMILES string of the molecule is CCOc1ccc(Oc2snc(Cl)c2C#N)cc1. The maximum atomic E-state index is 8.91. The maximum absolute atomic E-state index is 8.91. The van der Waals surface area contributed by atoms with Gasteiger partial charge in [0.25, 0.3) is 0 Å². The molecular weight excluding hydrogens is 272 g/mol. The number of halogens is 1. The lowest BCUT2D eigenvalue weighted by Gasteiger charge is -2.05. The number of rotatable bonds is 4. The molecule has 0 saturated carbocycles. The van der Waals surface area contributed by atoms with Gasteiger partial charge >= 0.3 is 0 Å². The second kappa shape index (κ2) is 5.71. The minimum Gasteiger partial charge on any atom is -0.494 e. The summed E-state index contributed by atoms with van der Waals surface area (Å²) in [6.45, 7) is 2.53. The largest absolute Gasteiger partial charge is 0.494 e. The van der Waals surface area contributed by atoms with Crippen LogP contribution in [0.15, 0.2) is 24.3 Å². The zero-order valence-corrected chi connectivity index (χ0v) is 11.1. The van der Waals surface area contributed by atoms with E-state index in [4.69, 9.17) is 26.3 Å². The minimum atomic E-state index is 0.170. The van der Waals surface area contributed by atoms with Crippen LogP contribution in [-0.4, -0.2) is 11.0 Å². The Hall–Kier alpha value is -1.77. The van der Waals surface area contributed by atoms with Crippen LogP contribution >= 0.6 is 23.1 Å². The quantitative estimate of drug-likeness (QED) is 0.853. The van der Waals surface area contributed by atoms with Gasteiger partial charge < -0.3 is 9.47 Å². The Morgan fingerprint density at radius 3 is 2.61 bits per heavy atom. The first-order chi connectivity index (χ1) is 8.74. The van der Waals surface area contributed by atoms with Gasteiger partial charge in [0.15, 0.2) is 5.15 Å². The summed E-state index contributed by atoms with van der Waals surface area (Å²) in [6.07, 6.45) is 0. The van der Waals surface area contributed by atoms with Crippen LogP contribution in [0.5, 0.6) is 16.6 Å². The molecule has 0 bridgehead atoms. The molecule has 1 heterocycles. The van der Waals surface area contributed by atoms with Gasteiger partial charge in [-0.15, -0.1) is 0 Å². The minimum absolute atomic E-state index is 0.170. The molecule has 6 heteroatoms. The molecule has 2 aromatic rings. The van der Waals surface area contributed by atoms with Gasteiger partial charge in [-0.1, -0.05) is 11.6 Å². The van der Waals surface area contributed by atoms with Crippen molar-refractivity contribution in [2.45, 2.75) is 6.92 Å². The number of nitriles is 1. The van der Waals surface area contributed by atoms with Gasteiger partial charge in [0.05, 0.1) is 6.61 Å². The summed E-state index contributed by atoms with van der Waals surface area (Å²) in [5, 5.41) is 9.48. The highest BCUT2D eigenvalue weighted by Gasteiger charge is 2.13. The van der Waals surface area contributed by atoms with Gasteiger partial charge in [-0.3, -0.25) is 0 Å². The molecule has 0 radical (unpaired) electrons. The number of nitrogens with zero attached hydrogens (tertiary/aromatic N) is 2. The molecule has 0 aliphatic carbocycles. The second-order valence-corrected chi connectivity index (χ2v) is 4.35. The third-order valence-electron chi connectivity index (χ3n) is 2.08. The summed E-state index contributed by atoms with van der Waals surface area (Å²) in [4.78, 5) is 0. The Bertz CT molecular complexity index is 575. The number of aromatic nitrogens is 1. The van der Waals surface area contributed by atoms with E-state index in [1.807, 2.05) is 13.0 Å². The standard InChI is InChI=1S/C12H9ClN2O2S/c1-2-16-8-3-5-9(6-4-8)17-12-10(7-14)11(13)15-18-12/h3-6H,2H2,1H3. The molecule has 92 valence electrons. The van der Waals surface area contributed by atoms with Crippen LogP contribution in [0.2, 0.25) is 5.15 Å². The van der Waals surface area contributed by atoms with Gasteiger partial charge in [-0.2, -0.15) is 9.64 Å². The zero-order valence-electron chi connectivity index (χ0n) is 9.51. The van der Waals surface area contributed by atoms with E-state index in [2.05, 4.69) is 4.37 Å². The van der Waals surface area contributed by atoms with Crippen LogP contribution in [0.3, 0.4) is 0 Å². The summed E-state index contributed by atoms with van der Waals surface area (Å²) in [7, 11) is 0. The predicted octanol–water partition coefficient (Wildman–Crippen LogP) is 3.86. The van der Waals surface area contributed by atoms with Crippen molar-refractivity contribution >= 4 is 23.1 Å². The van der Waals surface area contributed by atoms with E-state index >= 15 is 0 Å². The summed E-state index contributed by atoms with van der Waals surface area (Å²) in [5.41, 5.74) is 0.260. The number of ether oxygens (including phenoxy) is 2. The van der Waals surface area contributed by atoms with Crippen molar-refractivity contribution in [3.63, 3.8) is 0 Å². The first-order valence-electron chi connectivity index (χ1n) is 5.20. The fourth-order valence-corrected chi connectivity index (χ4v) is 2.21. The molecule has 1 aromatic carbocycles. The van der Waals surface area contributed by atoms with Gasteiger partial charge in [0.2, 0.25) is 5.06 Å². The zero-order chi connectivity index (χ0) is 13.0. The molecule has 0 amide bonds. The summed E-state index contributed by atoms with van der Waals surface area (Å²) < 4.78 is 14.7. The summed E-state index contributed by atoms with van der Waals surface area (Å²) in [6, 6.07) is 9.09. The molecule has 1 aromatic heterocycles. The average molecular weight is 281 g/mol. The highest BCUT2D eigenvalue weighted by atomic mass is 35.5. The van der Waals surface area contributed by atoms with Crippen molar-refractivity contribution in [3.8, 4) is 22.6 Å². The number of hydrogen-bond donors (Lipinski definition) is 0. The Morgan fingerprint density at radius 2 is 2.00 bits per heavy atom. The molecule has 18 heavy (non-hydrogen) atoms. The predicted molar refractivity (Wildman–Crippen MR) is 69.5 cm³/mol. The number of hydrogen-bond acceptors (Lipinski definition) is 5. The normalized spacial score (nSPS) is 9.83. The van der Waals surface area contributed by atoms with E-state index in [0.717, 1.165) is 17.3 Å². The van der Waals surface area contributed by atoms with Crippen LogP contribution in [0.4, 0.5) is 0 Å². The van der Waals surface area contributed by atoms with Crippen LogP contribution in [-0.2, 0) is 0 Å². The molecule has 0 unspecified atom stereocenters. The van der Waals surface area contributed by atoms with E-state index in [9.17, 15) is 0 Å². The van der Waals surface area contributed by atoms with Gasteiger partial charge in [0.1, 0.15) is 23.1 Å². The van der Waals surface area contributed by atoms with E-state index < -0.39 is 0 Å².